The van der Waals surface area contributed by atoms with Crippen molar-refractivity contribution in [2.24, 2.45) is 11.3 Å². The van der Waals surface area contributed by atoms with E-state index < -0.39 is 53.7 Å². The fourth-order valence-corrected chi connectivity index (χ4v) is 4.82. The second-order valence-corrected chi connectivity index (χ2v) is 8.36. The third-order valence-corrected chi connectivity index (χ3v) is 6.55. The van der Waals surface area contributed by atoms with Gasteiger partial charge in [0.05, 0.1) is 12.0 Å². The van der Waals surface area contributed by atoms with Crippen LogP contribution in [0.2, 0.25) is 0 Å². The highest BCUT2D eigenvalue weighted by Gasteiger charge is 2.60. The monoisotopic (exact) mass is 404 g/mol. The molecule has 1 N–H and O–H groups in total. The van der Waals surface area contributed by atoms with Gasteiger partial charge in [0.15, 0.2) is 0 Å². The predicted molar refractivity (Wildman–Crippen MR) is 103 cm³/mol. The molecule has 1 saturated heterocycles. The molecule has 2 aliphatic carbocycles. The summed E-state index contributed by atoms with van der Waals surface area (Å²) in [5, 5.41) is 11.0. The molecule has 2 fully saturated rings. The fraction of sp³-hybridized carbons (Fsp3) is 0.591. The Morgan fingerprint density at radius 1 is 1.31 bits per heavy atom. The van der Waals surface area contributed by atoms with Crippen LogP contribution in [0.25, 0.3) is 0 Å². The lowest BCUT2D eigenvalue weighted by molar-refractivity contribution is -0.158. The van der Waals surface area contributed by atoms with E-state index in [0.717, 1.165) is 5.57 Å². The minimum atomic E-state index is -0.858. The summed E-state index contributed by atoms with van der Waals surface area (Å²) in [5.74, 6) is -2.04. The molecule has 3 rings (SSSR count). The highest BCUT2D eigenvalue weighted by molar-refractivity contribution is 5.92. The number of carbonyl (C=O) groups is 3. The van der Waals surface area contributed by atoms with Crippen LogP contribution in [0.3, 0.4) is 0 Å². The summed E-state index contributed by atoms with van der Waals surface area (Å²) in [4.78, 5) is 36.4. The van der Waals surface area contributed by atoms with Crippen LogP contribution in [0.15, 0.2) is 34.9 Å². The standard InChI is InChI=1S/C22H28O7/c1-7-10(2)20(25)29-19-17-12(4)21(26)28-15(17)9-22(6)16(24)8-14(27-13(5)23)11(3)18(19)22/h7,14-17,19,24H,4,8-9H2,1-3,5-6H3. The molecule has 6 atom stereocenters. The van der Waals surface area contributed by atoms with Crippen molar-refractivity contribution in [3.63, 3.8) is 0 Å². The van der Waals surface area contributed by atoms with Gasteiger partial charge in [-0.05, 0) is 38.3 Å². The van der Waals surface area contributed by atoms with Crippen LogP contribution in [-0.4, -0.2) is 47.4 Å². The topological polar surface area (TPSA) is 99.1 Å². The lowest BCUT2D eigenvalue weighted by Gasteiger charge is -2.52. The van der Waals surface area contributed by atoms with Gasteiger partial charge in [-0.25, -0.2) is 9.59 Å². The zero-order valence-electron chi connectivity index (χ0n) is 17.5. The van der Waals surface area contributed by atoms with Crippen LogP contribution in [0.1, 0.15) is 47.5 Å². The number of fused-ring (bicyclic) bond motifs is 2. The number of rotatable bonds is 3. The van der Waals surface area contributed by atoms with Crippen molar-refractivity contribution in [2.75, 3.05) is 0 Å². The summed E-state index contributed by atoms with van der Waals surface area (Å²) in [6, 6.07) is 0. The van der Waals surface area contributed by atoms with Gasteiger partial charge in [0.1, 0.15) is 18.3 Å². The maximum atomic E-state index is 12.6. The molecular weight excluding hydrogens is 376 g/mol. The van der Waals surface area contributed by atoms with E-state index in [-0.39, 0.29) is 12.0 Å². The molecule has 0 aromatic heterocycles. The maximum Gasteiger partial charge on any atom is 0.334 e. The van der Waals surface area contributed by atoms with Gasteiger partial charge in [0.2, 0.25) is 0 Å². The molecule has 29 heavy (non-hydrogen) atoms. The van der Waals surface area contributed by atoms with E-state index in [1.807, 2.05) is 13.8 Å². The third-order valence-electron chi connectivity index (χ3n) is 6.55. The first kappa shape index (κ1) is 21.3. The van der Waals surface area contributed by atoms with Gasteiger partial charge >= 0.3 is 17.9 Å². The zero-order valence-corrected chi connectivity index (χ0v) is 17.5. The number of aliphatic hydroxyl groups excluding tert-OH is 1. The summed E-state index contributed by atoms with van der Waals surface area (Å²) in [6.45, 7) is 12.2. The Morgan fingerprint density at radius 3 is 2.55 bits per heavy atom. The molecule has 158 valence electrons. The minimum absolute atomic E-state index is 0.228. The van der Waals surface area contributed by atoms with Crippen LogP contribution in [0.5, 0.6) is 0 Å². The van der Waals surface area contributed by atoms with E-state index in [1.165, 1.54) is 6.92 Å². The summed E-state index contributed by atoms with van der Waals surface area (Å²) in [5.41, 5.74) is 1.30. The van der Waals surface area contributed by atoms with Crippen LogP contribution in [-0.2, 0) is 28.6 Å². The van der Waals surface area contributed by atoms with Crippen molar-refractivity contribution in [1.82, 2.24) is 0 Å². The second-order valence-electron chi connectivity index (χ2n) is 8.36. The number of hydrogen-bond donors (Lipinski definition) is 1. The molecule has 0 amide bonds. The minimum Gasteiger partial charge on any atom is -0.458 e. The van der Waals surface area contributed by atoms with Crippen molar-refractivity contribution in [3.8, 4) is 0 Å². The molecule has 7 nitrogen and oxygen atoms in total. The lowest BCUT2D eigenvalue weighted by Crippen LogP contribution is -2.55. The van der Waals surface area contributed by atoms with Crippen molar-refractivity contribution in [1.29, 1.82) is 0 Å². The molecule has 0 bridgehead atoms. The summed E-state index contributed by atoms with van der Waals surface area (Å²) >= 11 is 0. The first-order valence-electron chi connectivity index (χ1n) is 9.81. The van der Waals surface area contributed by atoms with E-state index >= 15 is 0 Å². The van der Waals surface area contributed by atoms with Gasteiger partial charge < -0.3 is 19.3 Å². The van der Waals surface area contributed by atoms with Gasteiger partial charge in [-0.3, -0.25) is 4.79 Å². The molecule has 0 aromatic carbocycles. The Kier molecular flexibility index (Phi) is 5.47. The molecule has 0 aromatic rings. The molecule has 0 radical (unpaired) electrons. The second kappa shape index (κ2) is 7.44. The van der Waals surface area contributed by atoms with Crippen molar-refractivity contribution < 1.29 is 33.7 Å². The molecular formula is C22H28O7. The lowest BCUT2D eigenvalue weighted by atomic mass is 9.57. The van der Waals surface area contributed by atoms with E-state index in [2.05, 4.69) is 6.58 Å². The number of allylic oxidation sites excluding steroid dienone is 1. The van der Waals surface area contributed by atoms with E-state index in [0.29, 0.717) is 17.6 Å². The van der Waals surface area contributed by atoms with Crippen LogP contribution in [0, 0.1) is 11.3 Å². The van der Waals surface area contributed by atoms with Crippen molar-refractivity contribution >= 4 is 17.9 Å². The summed E-state index contributed by atoms with van der Waals surface area (Å²) in [7, 11) is 0. The Morgan fingerprint density at radius 2 is 1.97 bits per heavy atom. The van der Waals surface area contributed by atoms with Gasteiger partial charge in [-0.1, -0.05) is 19.6 Å². The fourth-order valence-electron chi connectivity index (χ4n) is 4.82. The summed E-state index contributed by atoms with van der Waals surface area (Å²) < 4.78 is 16.8. The smallest absolute Gasteiger partial charge is 0.334 e. The SMILES string of the molecule is C=C1C(=O)OC2CC3(C)C(=C(C)C(OC(C)=O)CC3O)C(OC(=O)C(C)=CC)C12. The van der Waals surface area contributed by atoms with Crippen LogP contribution < -0.4 is 0 Å². The highest BCUT2D eigenvalue weighted by Crippen LogP contribution is 2.56. The quantitative estimate of drug-likeness (QED) is 0.334. The summed E-state index contributed by atoms with van der Waals surface area (Å²) in [6.07, 6.45) is -0.619. The Hall–Kier alpha value is -2.41. The normalized spacial score (nSPS) is 36.9. The number of aliphatic hydroxyl groups is 1. The molecule has 0 spiro atoms. The molecule has 6 unspecified atom stereocenters. The Bertz CT molecular complexity index is 836. The molecule has 3 aliphatic rings. The average molecular weight is 404 g/mol. The van der Waals surface area contributed by atoms with E-state index in [1.54, 1.807) is 19.9 Å². The van der Waals surface area contributed by atoms with Gasteiger partial charge in [-0.15, -0.1) is 0 Å². The first-order valence-corrected chi connectivity index (χ1v) is 9.81. The molecule has 1 heterocycles. The average Bonchev–Trinajstić information content (AvgIpc) is 2.91. The Labute approximate surface area is 170 Å². The number of hydrogen-bond acceptors (Lipinski definition) is 7. The molecule has 7 heteroatoms. The zero-order chi connectivity index (χ0) is 21.7. The predicted octanol–water partition coefficient (Wildman–Crippen LogP) is 2.39. The number of carbonyl (C=O) groups excluding carboxylic acids is 3. The number of esters is 3. The van der Waals surface area contributed by atoms with E-state index in [9.17, 15) is 19.5 Å². The van der Waals surface area contributed by atoms with Gasteiger partial charge in [0.25, 0.3) is 0 Å². The van der Waals surface area contributed by atoms with E-state index in [4.69, 9.17) is 14.2 Å². The van der Waals surface area contributed by atoms with Crippen molar-refractivity contribution in [3.05, 3.63) is 34.9 Å². The Balaban J connectivity index is 2.14. The van der Waals surface area contributed by atoms with Crippen LogP contribution >= 0.6 is 0 Å². The first-order chi connectivity index (χ1) is 13.5. The van der Waals surface area contributed by atoms with Gasteiger partial charge in [-0.2, -0.15) is 0 Å². The van der Waals surface area contributed by atoms with Crippen molar-refractivity contribution in [2.45, 2.75) is 71.9 Å². The maximum absolute atomic E-state index is 12.6. The van der Waals surface area contributed by atoms with Gasteiger partial charge in [0, 0.05) is 29.9 Å². The molecule has 1 aliphatic heterocycles. The highest BCUT2D eigenvalue weighted by atomic mass is 16.6. The molecule has 1 saturated carbocycles. The third kappa shape index (κ3) is 3.41. The largest absolute Gasteiger partial charge is 0.458 e. The number of ether oxygens (including phenoxy) is 3. The van der Waals surface area contributed by atoms with Crippen LogP contribution in [0.4, 0.5) is 0 Å².